The fourth-order valence-corrected chi connectivity index (χ4v) is 4.55. The van der Waals surface area contributed by atoms with E-state index in [2.05, 4.69) is 10.0 Å². The number of hydrogen-bond acceptors (Lipinski definition) is 5. The summed E-state index contributed by atoms with van der Waals surface area (Å²) in [4.78, 5) is 13.4. The van der Waals surface area contributed by atoms with E-state index in [0.717, 1.165) is 10.4 Å². The van der Waals surface area contributed by atoms with Gasteiger partial charge in [0.15, 0.2) is 0 Å². The Hall–Kier alpha value is -2.39. The lowest BCUT2D eigenvalue weighted by molar-refractivity contribution is 0.0951. The second-order valence-electron chi connectivity index (χ2n) is 6.08. The first-order valence-electron chi connectivity index (χ1n) is 8.62. The van der Waals surface area contributed by atoms with Gasteiger partial charge in [-0.1, -0.05) is 29.8 Å². The molecule has 0 fully saturated rings. The van der Waals surface area contributed by atoms with E-state index >= 15 is 0 Å². The molecular formula is C20H19ClN2O4S2. The first-order valence-corrected chi connectivity index (χ1v) is 11.4. The van der Waals surface area contributed by atoms with Crippen molar-refractivity contribution in [1.29, 1.82) is 0 Å². The second-order valence-corrected chi connectivity index (χ2v) is 9.28. The highest BCUT2D eigenvalue weighted by molar-refractivity contribution is 7.89. The maximum Gasteiger partial charge on any atom is 0.251 e. The number of thiophene rings is 1. The van der Waals surface area contributed by atoms with Crippen molar-refractivity contribution in [2.24, 2.45) is 0 Å². The van der Waals surface area contributed by atoms with Gasteiger partial charge in [-0.3, -0.25) is 4.79 Å². The van der Waals surface area contributed by atoms with Crippen molar-refractivity contribution < 1.29 is 17.9 Å². The molecule has 1 heterocycles. The predicted molar refractivity (Wildman–Crippen MR) is 114 cm³/mol. The summed E-state index contributed by atoms with van der Waals surface area (Å²) in [7, 11) is -2.53. The molecule has 0 atom stereocenters. The number of methoxy groups -OCH3 is 1. The molecule has 0 saturated carbocycles. The quantitative estimate of drug-likeness (QED) is 0.546. The van der Waals surface area contributed by atoms with Crippen molar-refractivity contribution in [1.82, 2.24) is 10.0 Å². The number of ether oxygens (including phenoxy) is 1. The van der Waals surface area contributed by atoms with Gasteiger partial charge in [0.2, 0.25) is 10.0 Å². The summed E-state index contributed by atoms with van der Waals surface area (Å²) < 4.78 is 33.4. The van der Waals surface area contributed by atoms with Crippen molar-refractivity contribution >= 4 is 38.9 Å². The van der Waals surface area contributed by atoms with E-state index in [9.17, 15) is 13.2 Å². The van der Waals surface area contributed by atoms with Crippen molar-refractivity contribution in [3.8, 4) is 5.75 Å². The van der Waals surface area contributed by atoms with E-state index in [-0.39, 0.29) is 28.7 Å². The largest absolute Gasteiger partial charge is 0.495 e. The fourth-order valence-electron chi connectivity index (χ4n) is 2.57. The third kappa shape index (κ3) is 5.57. The van der Waals surface area contributed by atoms with Gasteiger partial charge in [-0.25, -0.2) is 13.1 Å². The SMILES string of the molecule is COc1ccc(C(=O)NCc2cccs2)cc1S(=O)(=O)NCc1ccc(Cl)cc1. The van der Waals surface area contributed by atoms with Crippen LogP contribution in [0.4, 0.5) is 0 Å². The van der Waals surface area contributed by atoms with E-state index in [0.29, 0.717) is 11.6 Å². The average Bonchev–Trinajstić information content (AvgIpc) is 3.25. The van der Waals surface area contributed by atoms with Crippen LogP contribution in [0.15, 0.2) is 64.9 Å². The van der Waals surface area contributed by atoms with E-state index in [1.165, 1.54) is 36.6 Å². The number of carbonyl (C=O) groups is 1. The summed E-state index contributed by atoms with van der Waals surface area (Å²) in [6.07, 6.45) is 0. The molecule has 0 spiro atoms. The molecule has 2 N–H and O–H groups in total. The molecule has 1 amide bonds. The summed E-state index contributed by atoms with van der Waals surface area (Å²) >= 11 is 7.38. The molecule has 6 nitrogen and oxygen atoms in total. The Labute approximate surface area is 178 Å². The lowest BCUT2D eigenvalue weighted by Gasteiger charge is -2.13. The van der Waals surface area contributed by atoms with Crippen LogP contribution in [0.2, 0.25) is 5.02 Å². The zero-order valence-corrected chi connectivity index (χ0v) is 17.9. The molecule has 0 bridgehead atoms. The minimum atomic E-state index is -3.91. The van der Waals surface area contributed by atoms with Gasteiger partial charge in [0.25, 0.3) is 5.91 Å². The van der Waals surface area contributed by atoms with E-state index in [1.54, 1.807) is 24.3 Å². The van der Waals surface area contributed by atoms with E-state index in [4.69, 9.17) is 16.3 Å². The van der Waals surface area contributed by atoms with E-state index in [1.807, 2.05) is 17.5 Å². The van der Waals surface area contributed by atoms with Crippen LogP contribution < -0.4 is 14.8 Å². The van der Waals surface area contributed by atoms with Gasteiger partial charge in [0.1, 0.15) is 10.6 Å². The number of rotatable bonds is 8. The highest BCUT2D eigenvalue weighted by Gasteiger charge is 2.21. The molecule has 29 heavy (non-hydrogen) atoms. The van der Waals surface area contributed by atoms with Crippen LogP contribution in [-0.2, 0) is 23.1 Å². The molecule has 0 unspecified atom stereocenters. The molecule has 0 radical (unpaired) electrons. The Morgan fingerprint density at radius 3 is 2.52 bits per heavy atom. The lowest BCUT2D eigenvalue weighted by atomic mass is 10.2. The van der Waals surface area contributed by atoms with Gasteiger partial charge in [0, 0.05) is 22.0 Å². The van der Waals surface area contributed by atoms with Crippen molar-refractivity contribution in [3.05, 3.63) is 81.0 Å². The van der Waals surface area contributed by atoms with Crippen LogP contribution in [-0.4, -0.2) is 21.4 Å². The highest BCUT2D eigenvalue weighted by atomic mass is 35.5. The monoisotopic (exact) mass is 450 g/mol. The molecule has 0 saturated heterocycles. The Balaban J connectivity index is 1.77. The lowest BCUT2D eigenvalue weighted by Crippen LogP contribution is -2.25. The molecule has 2 aromatic carbocycles. The van der Waals surface area contributed by atoms with Gasteiger partial charge < -0.3 is 10.1 Å². The van der Waals surface area contributed by atoms with Crippen LogP contribution in [0.25, 0.3) is 0 Å². The van der Waals surface area contributed by atoms with Crippen molar-refractivity contribution in [2.45, 2.75) is 18.0 Å². The minimum Gasteiger partial charge on any atom is -0.495 e. The summed E-state index contributed by atoms with van der Waals surface area (Å²) in [5, 5.41) is 5.28. The number of nitrogens with one attached hydrogen (secondary N) is 2. The summed E-state index contributed by atoms with van der Waals surface area (Å²) in [5.74, 6) is -0.210. The molecule has 1 aromatic heterocycles. The number of hydrogen-bond donors (Lipinski definition) is 2. The molecule has 152 valence electrons. The molecule has 0 aliphatic heterocycles. The number of benzene rings is 2. The molecule has 9 heteroatoms. The van der Waals surface area contributed by atoms with Crippen molar-refractivity contribution in [3.63, 3.8) is 0 Å². The van der Waals surface area contributed by atoms with Crippen LogP contribution in [0.1, 0.15) is 20.8 Å². The zero-order valence-electron chi connectivity index (χ0n) is 15.5. The number of sulfonamides is 1. The second kappa shape index (κ2) is 9.41. The third-order valence-electron chi connectivity index (χ3n) is 4.10. The standard InChI is InChI=1S/C20H19ClN2O4S2/c1-27-18-9-6-15(20(24)22-13-17-3-2-10-28-17)11-19(18)29(25,26)23-12-14-4-7-16(21)8-5-14/h2-11,23H,12-13H2,1H3,(H,22,24). The van der Waals surface area contributed by atoms with Gasteiger partial charge >= 0.3 is 0 Å². The summed E-state index contributed by atoms with van der Waals surface area (Å²) in [5.41, 5.74) is 0.982. The number of amides is 1. The Bertz CT molecular complexity index is 1080. The minimum absolute atomic E-state index is 0.0808. The van der Waals surface area contributed by atoms with Crippen LogP contribution in [0, 0.1) is 0 Å². The Morgan fingerprint density at radius 2 is 1.86 bits per heavy atom. The van der Waals surface area contributed by atoms with E-state index < -0.39 is 10.0 Å². The topological polar surface area (TPSA) is 84.5 Å². The molecule has 3 aromatic rings. The third-order valence-corrected chi connectivity index (χ3v) is 6.65. The maximum atomic E-state index is 12.8. The normalized spacial score (nSPS) is 11.2. The van der Waals surface area contributed by atoms with Gasteiger partial charge in [-0.2, -0.15) is 0 Å². The predicted octanol–water partition coefficient (Wildman–Crippen LogP) is 3.82. The first-order chi connectivity index (χ1) is 13.9. The Morgan fingerprint density at radius 1 is 1.10 bits per heavy atom. The Kier molecular flexibility index (Phi) is 6.92. The van der Waals surface area contributed by atoms with Gasteiger partial charge in [-0.15, -0.1) is 11.3 Å². The van der Waals surface area contributed by atoms with Crippen LogP contribution in [0.5, 0.6) is 5.75 Å². The first kappa shape index (κ1) is 21.3. The fraction of sp³-hybridized carbons (Fsp3) is 0.150. The average molecular weight is 451 g/mol. The van der Waals surface area contributed by atoms with Crippen molar-refractivity contribution in [2.75, 3.05) is 7.11 Å². The zero-order chi connectivity index (χ0) is 20.9. The number of halogens is 1. The molecule has 3 rings (SSSR count). The maximum absolute atomic E-state index is 12.8. The molecular weight excluding hydrogens is 432 g/mol. The van der Waals surface area contributed by atoms with Crippen LogP contribution >= 0.6 is 22.9 Å². The van der Waals surface area contributed by atoms with Gasteiger partial charge in [-0.05, 0) is 47.3 Å². The molecule has 0 aliphatic carbocycles. The summed E-state index contributed by atoms with van der Waals surface area (Å²) in [6, 6.07) is 15.0. The highest BCUT2D eigenvalue weighted by Crippen LogP contribution is 2.25. The number of carbonyl (C=O) groups excluding carboxylic acids is 1. The van der Waals surface area contributed by atoms with Gasteiger partial charge in [0.05, 0.1) is 13.7 Å². The smallest absolute Gasteiger partial charge is 0.251 e. The summed E-state index contributed by atoms with van der Waals surface area (Å²) in [6.45, 7) is 0.455. The molecule has 0 aliphatic rings. The van der Waals surface area contributed by atoms with Crippen LogP contribution in [0.3, 0.4) is 0 Å².